The third kappa shape index (κ3) is 10.3. The fraction of sp³-hybridized carbons (Fsp3) is 0.769. The molecular formula is C13H24N2O5. The summed E-state index contributed by atoms with van der Waals surface area (Å²) in [7, 11) is 1.66. The highest BCUT2D eigenvalue weighted by molar-refractivity contribution is 5.79. The predicted octanol–water partition coefficient (Wildman–Crippen LogP) is -0.0592. The molecule has 1 N–H and O–H groups in total. The molecule has 0 saturated heterocycles. The van der Waals surface area contributed by atoms with Crippen LogP contribution in [0.25, 0.3) is 0 Å². The molecule has 0 heterocycles. The van der Waals surface area contributed by atoms with Crippen molar-refractivity contribution < 1.29 is 23.9 Å². The summed E-state index contributed by atoms with van der Waals surface area (Å²) in [6, 6.07) is 0. The molecule has 0 aliphatic rings. The van der Waals surface area contributed by atoms with Crippen molar-refractivity contribution in [1.82, 2.24) is 10.2 Å². The third-order valence-corrected chi connectivity index (χ3v) is 2.30. The van der Waals surface area contributed by atoms with E-state index in [1.165, 1.54) is 0 Å². The van der Waals surface area contributed by atoms with Crippen molar-refractivity contribution in [3.05, 3.63) is 0 Å². The van der Waals surface area contributed by atoms with Crippen LogP contribution in [0.1, 0.15) is 26.7 Å². The first-order chi connectivity index (χ1) is 9.49. The minimum Gasteiger partial charge on any atom is -0.466 e. The maximum atomic E-state index is 11.5. The number of ether oxygens (including phenoxy) is 2. The van der Waals surface area contributed by atoms with E-state index < -0.39 is 0 Å². The highest BCUT2D eigenvalue weighted by Gasteiger charge is 2.11. The highest BCUT2D eigenvalue weighted by Crippen LogP contribution is 1.92. The van der Waals surface area contributed by atoms with Crippen LogP contribution in [-0.2, 0) is 23.9 Å². The van der Waals surface area contributed by atoms with Gasteiger partial charge < -0.3 is 14.8 Å². The Morgan fingerprint density at radius 3 is 2.20 bits per heavy atom. The van der Waals surface area contributed by atoms with E-state index in [0.717, 1.165) is 0 Å². The smallest absolute Gasteiger partial charge is 0.320 e. The molecule has 7 nitrogen and oxygen atoms in total. The van der Waals surface area contributed by atoms with Gasteiger partial charge in [-0.05, 0) is 27.3 Å². The maximum absolute atomic E-state index is 11.5. The van der Waals surface area contributed by atoms with Crippen LogP contribution in [-0.4, -0.2) is 62.6 Å². The molecule has 116 valence electrons. The van der Waals surface area contributed by atoms with Crippen LogP contribution in [0.3, 0.4) is 0 Å². The van der Waals surface area contributed by atoms with E-state index in [1.54, 1.807) is 25.8 Å². The molecule has 0 spiro atoms. The summed E-state index contributed by atoms with van der Waals surface area (Å²) in [5, 5.41) is 2.68. The largest absolute Gasteiger partial charge is 0.466 e. The molecule has 0 aromatic carbocycles. The Balaban J connectivity index is 3.67. The van der Waals surface area contributed by atoms with Gasteiger partial charge in [0.2, 0.25) is 5.91 Å². The Hall–Kier alpha value is -1.63. The summed E-state index contributed by atoms with van der Waals surface area (Å²) < 4.78 is 9.55. The van der Waals surface area contributed by atoms with Gasteiger partial charge in [0, 0.05) is 13.0 Å². The molecule has 0 aromatic rings. The molecule has 0 fully saturated rings. The van der Waals surface area contributed by atoms with E-state index in [2.05, 4.69) is 5.32 Å². The first-order valence-electron chi connectivity index (χ1n) is 6.76. The van der Waals surface area contributed by atoms with Crippen molar-refractivity contribution in [3.63, 3.8) is 0 Å². The summed E-state index contributed by atoms with van der Waals surface area (Å²) in [5.41, 5.74) is 0. The number of nitrogens with zero attached hydrogens (tertiary/aromatic N) is 1. The fourth-order valence-electron chi connectivity index (χ4n) is 1.48. The van der Waals surface area contributed by atoms with Crippen LogP contribution in [0.5, 0.6) is 0 Å². The van der Waals surface area contributed by atoms with Gasteiger partial charge in [-0.3, -0.25) is 19.3 Å². The van der Waals surface area contributed by atoms with E-state index >= 15 is 0 Å². The number of carbonyl (C=O) groups excluding carboxylic acids is 3. The zero-order valence-corrected chi connectivity index (χ0v) is 12.4. The second-order valence-electron chi connectivity index (χ2n) is 4.24. The lowest BCUT2D eigenvalue weighted by molar-refractivity contribution is -0.145. The molecule has 7 heteroatoms. The van der Waals surface area contributed by atoms with Gasteiger partial charge >= 0.3 is 11.9 Å². The topological polar surface area (TPSA) is 84.9 Å². The van der Waals surface area contributed by atoms with Gasteiger partial charge in [0.05, 0.1) is 26.3 Å². The molecule has 0 aliphatic carbocycles. The Morgan fingerprint density at radius 2 is 1.60 bits per heavy atom. The SMILES string of the molecule is CCOC(=O)CCCNC(=O)CN(C)CC(=O)OCC. The second-order valence-corrected chi connectivity index (χ2v) is 4.24. The van der Waals surface area contributed by atoms with Gasteiger partial charge in [-0.2, -0.15) is 0 Å². The number of carbonyl (C=O) groups is 3. The normalized spacial score (nSPS) is 10.2. The van der Waals surface area contributed by atoms with Gasteiger partial charge in [-0.25, -0.2) is 0 Å². The lowest BCUT2D eigenvalue weighted by Gasteiger charge is -2.15. The first kappa shape index (κ1) is 18.4. The summed E-state index contributed by atoms with van der Waals surface area (Å²) in [4.78, 5) is 35.3. The maximum Gasteiger partial charge on any atom is 0.320 e. The molecule has 0 aliphatic heterocycles. The van der Waals surface area contributed by atoms with Crippen molar-refractivity contribution >= 4 is 17.8 Å². The summed E-state index contributed by atoms with van der Waals surface area (Å²) in [6.07, 6.45) is 0.818. The minimum atomic E-state index is -0.356. The molecule has 0 radical (unpaired) electrons. The van der Waals surface area contributed by atoms with Crippen LogP contribution in [0.4, 0.5) is 0 Å². The summed E-state index contributed by atoms with van der Waals surface area (Å²) in [6.45, 7) is 4.76. The lowest BCUT2D eigenvalue weighted by Crippen LogP contribution is -2.38. The molecule has 0 unspecified atom stereocenters. The van der Waals surface area contributed by atoms with E-state index in [4.69, 9.17) is 9.47 Å². The van der Waals surface area contributed by atoms with Crippen LogP contribution in [0, 0.1) is 0 Å². The van der Waals surface area contributed by atoms with Crippen LogP contribution < -0.4 is 5.32 Å². The Labute approximate surface area is 119 Å². The molecule has 0 rings (SSSR count). The quantitative estimate of drug-likeness (QED) is 0.448. The zero-order chi connectivity index (χ0) is 15.4. The van der Waals surface area contributed by atoms with Gasteiger partial charge in [-0.1, -0.05) is 0 Å². The van der Waals surface area contributed by atoms with Crippen LogP contribution in [0.2, 0.25) is 0 Å². The van der Waals surface area contributed by atoms with Crippen molar-refractivity contribution in [2.45, 2.75) is 26.7 Å². The first-order valence-corrected chi connectivity index (χ1v) is 6.76. The molecule has 0 saturated carbocycles. The Kier molecular flexibility index (Phi) is 10.3. The monoisotopic (exact) mass is 288 g/mol. The molecule has 0 atom stereocenters. The zero-order valence-electron chi connectivity index (χ0n) is 12.4. The molecular weight excluding hydrogens is 264 g/mol. The van der Waals surface area contributed by atoms with Crippen LogP contribution in [0.15, 0.2) is 0 Å². The molecule has 20 heavy (non-hydrogen) atoms. The van der Waals surface area contributed by atoms with Gasteiger partial charge in [0.1, 0.15) is 0 Å². The van der Waals surface area contributed by atoms with E-state index in [1.807, 2.05) is 0 Å². The van der Waals surface area contributed by atoms with Gasteiger partial charge in [-0.15, -0.1) is 0 Å². The number of hydrogen-bond acceptors (Lipinski definition) is 6. The van der Waals surface area contributed by atoms with E-state index in [-0.39, 0.29) is 37.4 Å². The van der Waals surface area contributed by atoms with Crippen LogP contribution >= 0.6 is 0 Å². The number of nitrogens with one attached hydrogen (secondary N) is 1. The Morgan fingerprint density at radius 1 is 1.00 bits per heavy atom. The molecule has 0 aromatic heterocycles. The standard InChI is InChI=1S/C13H24N2O5/c1-4-19-12(17)7-6-8-14-11(16)9-15(3)10-13(18)20-5-2/h4-10H2,1-3H3,(H,14,16). The third-order valence-electron chi connectivity index (χ3n) is 2.30. The molecule has 1 amide bonds. The van der Waals surface area contributed by atoms with Gasteiger partial charge in [0.25, 0.3) is 0 Å². The van der Waals surface area contributed by atoms with E-state index in [9.17, 15) is 14.4 Å². The summed E-state index contributed by atoms with van der Waals surface area (Å²) in [5.74, 6) is -0.813. The number of esters is 2. The van der Waals surface area contributed by atoms with Crippen molar-refractivity contribution in [2.24, 2.45) is 0 Å². The average molecular weight is 288 g/mol. The van der Waals surface area contributed by atoms with Crippen molar-refractivity contribution in [1.29, 1.82) is 0 Å². The fourth-order valence-corrected chi connectivity index (χ4v) is 1.48. The number of hydrogen-bond donors (Lipinski definition) is 1. The predicted molar refractivity (Wildman–Crippen MR) is 73.0 cm³/mol. The lowest BCUT2D eigenvalue weighted by atomic mass is 10.3. The number of likely N-dealkylation sites (N-methyl/N-ethyl adjacent to an activating group) is 1. The average Bonchev–Trinajstić information content (AvgIpc) is 2.35. The van der Waals surface area contributed by atoms with Crippen molar-refractivity contribution in [2.75, 3.05) is 39.9 Å². The minimum absolute atomic E-state index is 0.0735. The van der Waals surface area contributed by atoms with Crippen molar-refractivity contribution in [3.8, 4) is 0 Å². The number of amides is 1. The molecule has 0 bridgehead atoms. The van der Waals surface area contributed by atoms with Gasteiger partial charge in [0.15, 0.2) is 0 Å². The second kappa shape index (κ2) is 11.2. The summed E-state index contributed by atoms with van der Waals surface area (Å²) >= 11 is 0. The highest BCUT2D eigenvalue weighted by atomic mass is 16.5. The van der Waals surface area contributed by atoms with E-state index in [0.29, 0.717) is 26.2 Å². The Bertz CT molecular complexity index is 320. The number of rotatable bonds is 10.